The van der Waals surface area contributed by atoms with E-state index in [-0.39, 0.29) is 11.9 Å². The van der Waals surface area contributed by atoms with Crippen LogP contribution >= 0.6 is 0 Å². The topological polar surface area (TPSA) is 95.5 Å². The van der Waals surface area contributed by atoms with Gasteiger partial charge in [0.2, 0.25) is 5.91 Å². The van der Waals surface area contributed by atoms with Crippen LogP contribution in [-0.4, -0.2) is 55.2 Å². The fourth-order valence-corrected chi connectivity index (χ4v) is 4.59. The highest BCUT2D eigenvalue weighted by molar-refractivity contribution is 5.79. The number of hydrogen-bond acceptors (Lipinski definition) is 6. The molecule has 2 aromatic rings. The lowest BCUT2D eigenvalue weighted by Gasteiger charge is -2.41. The van der Waals surface area contributed by atoms with Gasteiger partial charge < -0.3 is 20.3 Å². The van der Waals surface area contributed by atoms with E-state index in [1.165, 1.54) is 0 Å². The average Bonchev–Trinajstić information content (AvgIpc) is 3.63. The minimum Gasteiger partial charge on any atom is -0.399 e. The highest BCUT2D eigenvalue weighted by atomic mass is 16.5. The molecule has 0 bridgehead atoms. The minimum absolute atomic E-state index is 0.0444. The number of amides is 1. The first-order valence-electron chi connectivity index (χ1n) is 11.3. The number of nitriles is 1. The van der Waals surface area contributed by atoms with Crippen LogP contribution in [0.2, 0.25) is 0 Å². The minimum atomic E-state index is 0.0444. The second kappa shape index (κ2) is 9.17. The van der Waals surface area contributed by atoms with Crippen LogP contribution in [0.15, 0.2) is 24.3 Å². The number of nitrogens with zero attached hydrogens (tertiary/aromatic N) is 4. The Morgan fingerprint density at radius 2 is 2.00 bits per heavy atom. The Bertz CT molecular complexity index is 1040. The highest BCUT2D eigenvalue weighted by Gasteiger charge is 2.34. The maximum atomic E-state index is 12.5. The fourth-order valence-electron chi connectivity index (χ4n) is 4.59. The molecule has 4 rings (SSSR count). The van der Waals surface area contributed by atoms with Crippen molar-refractivity contribution in [2.45, 2.75) is 45.1 Å². The first kappa shape index (κ1) is 22.1. The van der Waals surface area contributed by atoms with E-state index in [9.17, 15) is 10.1 Å². The Balaban J connectivity index is 1.68. The predicted molar refractivity (Wildman–Crippen MR) is 125 cm³/mol. The van der Waals surface area contributed by atoms with Crippen molar-refractivity contribution in [1.29, 1.82) is 5.26 Å². The van der Waals surface area contributed by atoms with Gasteiger partial charge in [-0.05, 0) is 49.9 Å². The van der Waals surface area contributed by atoms with Gasteiger partial charge in [0.25, 0.3) is 0 Å². The number of rotatable bonds is 6. The second-order valence-corrected chi connectivity index (χ2v) is 8.83. The molecule has 1 aliphatic heterocycles. The summed E-state index contributed by atoms with van der Waals surface area (Å²) in [5.74, 6) is 1.30. The molecule has 1 aliphatic carbocycles. The van der Waals surface area contributed by atoms with Crippen LogP contribution < -0.4 is 10.6 Å². The van der Waals surface area contributed by atoms with Gasteiger partial charge in [-0.15, -0.1) is 0 Å². The largest absolute Gasteiger partial charge is 0.399 e. The van der Waals surface area contributed by atoms with Crippen LogP contribution in [0.1, 0.15) is 48.9 Å². The molecule has 32 heavy (non-hydrogen) atoms. The normalized spacial score (nSPS) is 18.5. The first-order valence-corrected chi connectivity index (χ1v) is 11.3. The van der Waals surface area contributed by atoms with Gasteiger partial charge in [0.05, 0.1) is 24.3 Å². The van der Waals surface area contributed by atoms with Gasteiger partial charge in [0.15, 0.2) is 0 Å². The molecule has 1 atom stereocenters. The van der Waals surface area contributed by atoms with Gasteiger partial charge in [-0.25, -0.2) is 4.98 Å². The summed E-state index contributed by atoms with van der Waals surface area (Å²) in [6.45, 7) is 6.45. The third kappa shape index (κ3) is 4.28. The van der Waals surface area contributed by atoms with Crippen molar-refractivity contribution >= 4 is 17.4 Å². The quantitative estimate of drug-likeness (QED) is 0.701. The van der Waals surface area contributed by atoms with E-state index in [1.54, 1.807) is 7.11 Å². The van der Waals surface area contributed by atoms with Crippen molar-refractivity contribution in [2.75, 3.05) is 44.0 Å². The number of benzene rings is 1. The van der Waals surface area contributed by atoms with Crippen molar-refractivity contribution in [2.24, 2.45) is 0 Å². The monoisotopic (exact) mass is 433 g/mol. The summed E-state index contributed by atoms with van der Waals surface area (Å²) in [6.07, 6.45) is 2.64. The lowest BCUT2D eigenvalue weighted by Crippen LogP contribution is -2.54. The molecule has 1 unspecified atom stereocenters. The van der Waals surface area contributed by atoms with Crippen molar-refractivity contribution in [3.63, 3.8) is 0 Å². The van der Waals surface area contributed by atoms with Crippen LogP contribution in [0.4, 0.5) is 11.5 Å². The Morgan fingerprint density at radius 3 is 2.59 bits per heavy atom. The Labute approximate surface area is 189 Å². The van der Waals surface area contributed by atoms with Crippen molar-refractivity contribution in [3.8, 4) is 17.2 Å². The predicted octanol–water partition coefficient (Wildman–Crippen LogP) is 3.46. The zero-order chi connectivity index (χ0) is 22.8. The zero-order valence-corrected chi connectivity index (χ0v) is 19.1. The molecule has 1 amide bonds. The highest BCUT2D eigenvalue weighted by Crippen LogP contribution is 2.46. The molecule has 0 radical (unpaired) electrons. The number of nitrogens with two attached hydrogens (primary N) is 1. The zero-order valence-electron chi connectivity index (χ0n) is 19.1. The molecule has 168 valence electrons. The smallest absolute Gasteiger partial charge is 0.225 e. The Kier molecular flexibility index (Phi) is 6.33. The average molecular weight is 434 g/mol. The maximum absolute atomic E-state index is 12.5. The summed E-state index contributed by atoms with van der Waals surface area (Å²) >= 11 is 0. The second-order valence-electron chi connectivity index (χ2n) is 8.83. The van der Waals surface area contributed by atoms with Crippen molar-refractivity contribution < 1.29 is 9.53 Å². The fraction of sp³-hybridized carbons (Fsp3) is 0.480. The van der Waals surface area contributed by atoms with Gasteiger partial charge in [0.1, 0.15) is 11.9 Å². The van der Waals surface area contributed by atoms with Crippen molar-refractivity contribution in [1.82, 2.24) is 9.88 Å². The summed E-state index contributed by atoms with van der Waals surface area (Å²) < 4.78 is 5.06. The number of piperazine rings is 1. The Hall–Kier alpha value is -3.11. The lowest BCUT2D eigenvalue weighted by atomic mass is 9.93. The van der Waals surface area contributed by atoms with Gasteiger partial charge >= 0.3 is 0 Å². The molecule has 2 N–H and O–H groups in total. The Morgan fingerprint density at radius 1 is 1.28 bits per heavy atom. The van der Waals surface area contributed by atoms with E-state index in [0.717, 1.165) is 46.7 Å². The van der Waals surface area contributed by atoms with Gasteiger partial charge in [-0.2, -0.15) is 5.26 Å². The third-order valence-electron chi connectivity index (χ3n) is 6.50. The summed E-state index contributed by atoms with van der Waals surface area (Å²) in [5, 5.41) is 10.1. The molecule has 0 spiro atoms. The number of hydrogen-bond donors (Lipinski definition) is 1. The molecular formula is C25H31N5O2. The maximum Gasteiger partial charge on any atom is 0.225 e. The van der Waals surface area contributed by atoms with Gasteiger partial charge in [-0.1, -0.05) is 12.1 Å². The van der Waals surface area contributed by atoms with E-state index in [2.05, 4.69) is 17.9 Å². The van der Waals surface area contributed by atoms with E-state index >= 15 is 0 Å². The molecular weight excluding hydrogens is 402 g/mol. The van der Waals surface area contributed by atoms with E-state index in [1.807, 2.05) is 36.1 Å². The molecule has 2 heterocycles. The van der Waals surface area contributed by atoms with Crippen LogP contribution in [-0.2, 0) is 9.53 Å². The summed E-state index contributed by atoms with van der Waals surface area (Å²) in [7, 11) is 1.61. The summed E-state index contributed by atoms with van der Waals surface area (Å²) in [4.78, 5) is 21.7. The van der Waals surface area contributed by atoms with Crippen LogP contribution in [0.5, 0.6) is 0 Å². The van der Waals surface area contributed by atoms with E-state index < -0.39 is 0 Å². The number of carbonyl (C=O) groups is 1. The number of ether oxygens (including phenoxy) is 1. The number of anilines is 2. The molecule has 1 aromatic heterocycles. The summed E-state index contributed by atoms with van der Waals surface area (Å²) in [6, 6.07) is 10.3. The standard InChI is InChI=1S/C25H31N5O2/c1-16-15-29(11-12-30(16)22(31)10-13-32-3)25-21(14-26)17(2)23(24(28-25)19-4-5-19)18-6-8-20(27)9-7-18/h6-9,16,19H,4-5,10-13,15,27H2,1-3H3. The number of nitrogen functional groups attached to an aromatic ring is 1. The number of aromatic nitrogens is 1. The first-order chi connectivity index (χ1) is 15.4. The molecule has 2 aliphatic rings. The lowest BCUT2D eigenvalue weighted by molar-refractivity contribution is -0.134. The molecule has 7 nitrogen and oxygen atoms in total. The molecule has 1 saturated carbocycles. The van der Waals surface area contributed by atoms with Crippen molar-refractivity contribution in [3.05, 3.63) is 41.1 Å². The number of carbonyl (C=O) groups excluding carboxylic acids is 1. The van der Waals surface area contributed by atoms with Crippen LogP contribution in [0.3, 0.4) is 0 Å². The molecule has 1 aromatic carbocycles. The summed E-state index contributed by atoms with van der Waals surface area (Å²) in [5.41, 5.74) is 11.4. The van der Waals surface area contributed by atoms with Gasteiger partial charge in [-0.3, -0.25) is 4.79 Å². The molecule has 2 fully saturated rings. The third-order valence-corrected chi connectivity index (χ3v) is 6.50. The SMILES string of the molecule is COCCC(=O)N1CCN(c2nc(C3CC3)c(-c3ccc(N)cc3)c(C)c2C#N)CC1C. The number of methoxy groups -OCH3 is 1. The number of pyridine rings is 1. The van der Waals surface area contributed by atoms with Crippen LogP contribution in [0.25, 0.3) is 11.1 Å². The van der Waals surface area contributed by atoms with E-state index in [4.69, 9.17) is 15.5 Å². The molecule has 7 heteroatoms. The molecule has 1 saturated heterocycles. The van der Waals surface area contributed by atoms with E-state index in [0.29, 0.717) is 44.1 Å². The van der Waals surface area contributed by atoms with Gasteiger partial charge in [0, 0.05) is 50.0 Å². The van der Waals surface area contributed by atoms with Crippen LogP contribution in [0, 0.1) is 18.3 Å².